The van der Waals surface area contributed by atoms with Gasteiger partial charge in [0, 0.05) is 12.7 Å². The van der Waals surface area contributed by atoms with Gasteiger partial charge in [0.15, 0.2) is 0 Å². The van der Waals surface area contributed by atoms with Gasteiger partial charge in [-0.2, -0.15) is 0 Å². The van der Waals surface area contributed by atoms with Crippen molar-refractivity contribution >= 4 is 0 Å². The molecule has 0 saturated heterocycles. The van der Waals surface area contributed by atoms with E-state index in [0.717, 1.165) is 16.8 Å². The summed E-state index contributed by atoms with van der Waals surface area (Å²) < 4.78 is 14.4. The smallest absolute Gasteiger partial charge is 0.274 e. The first-order chi connectivity index (χ1) is 7.50. The third-order valence-electron chi connectivity index (χ3n) is 2.69. The Morgan fingerprint density at radius 2 is 2.00 bits per heavy atom. The maximum Gasteiger partial charge on any atom is 0.274 e. The molecule has 0 aliphatic heterocycles. The van der Waals surface area contributed by atoms with Crippen LogP contribution in [0.5, 0.6) is 0 Å². The zero-order valence-corrected chi connectivity index (χ0v) is 9.47. The molecule has 0 atom stereocenters. The van der Waals surface area contributed by atoms with Gasteiger partial charge in [-0.15, -0.1) is 0 Å². The molecule has 4 heteroatoms. The van der Waals surface area contributed by atoms with Crippen LogP contribution >= 0.6 is 0 Å². The third kappa shape index (κ3) is 1.56. The van der Waals surface area contributed by atoms with Gasteiger partial charge in [0.2, 0.25) is 0 Å². The van der Waals surface area contributed by atoms with Gasteiger partial charge >= 0.3 is 0 Å². The molecule has 0 bridgehead atoms. The zero-order valence-electron chi connectivity index (χ0n) is 9.47. The molecule has 0 saturated carbocycles. The van der Waals surface area contributed by atoms with Gasteiger partial charge in [0.1, 0.15) is 5.82 Å². The monoisotopic (exact) mass is 220 g/mol. The predicted octanol–water partition coefficient (Wildman–Crippen LogP) is 2.14. The minimum atomic E-state index is -0.286. The van der Waals surface area contributed by atoms with Crippen LogP contribution in [0.3, 0.4) is 0 Å². The van der Waals surface area contributed by atoms with E-state index in [1.807, 2.05) is 6.92 Å². The minimum Gasteiger partial charge on any atom is -0.300 e. The van der Waals surface area contributed by atoms with Gasteiger partial charge in [0.25, 0.3) is 5.56 Å². The number of H-pyrrole nitrogens is 1. The Morgan fingerprint density at radius 3 is 2.50 bits per heavy atom. The van der Waals surface area contributed by atoms with Gasteiger partial charge in [-0.3, -0.25) is 14.6 Å². The summed E-state index contributed by atoms with van der Waals surface area (Å²) in [5.41, 5.74) is 2.86. The first-order valence-corrected chi connectivity index (χ1v) is 5.03. The molecule has 2 rings (SSSR count). The van der Waals surface area contributed by atoms with Crippen LogP contribution in [0.1, 0.15) is 11.3 Å². The molecule has 1 heterocycles. The first kappa shape index (κ1) is 10.7. The second-order valence-corrected chi connectivity index (χ2v) is 3.94. The van der Waals surface area contributed by atoms with Crippen molar-refractivity contribution in [2.45, 2.75) is 13.8 Å². The Kier molecular flexibility index (Phi) is 2.42. The lowest BCUT2D eigenvalue weighted by atomic mass is 10.0. The van der Waals surface area contributed by atoms with Crippen molar-refractivity contribution in [3.8, 4) is 11.1 Å². The molecular formula is C12H13FN2O. The molecule has 84 valence electrons. The summed E-state index contributed by atoms with van der Waals surface area (Å²) in [6, 6.07) is 4.44. The van der Waals surface area contributed by atoms with Gasteiger partial charge < -0.3 is 0 Å². The Bertz CT molecular complexity index is 596. The maximum atomic E-state index is 13.0. The van der Waals surface area contributed by atoms with Crippen LogP contribution in [0, 0.1) is 19.7 Å². The second kappa shape index (κ2) is 3.63. The van der Waals surface area contributed by atoms with Gasteiger partial charge in [-0.05, 0) is 37.1 Å². The van der Waals surface area contributed by atoms with Crippen molar-refractivity contribution < 1.29 is 4.39 Å². The molecule has 0 fully saturated rings. The van der Waals surface area contributed by atoms with Crippen molar-refractivity contribution in [1.82, 2.24) is 9.78 Å². The van der Waals surface area contributed by atoms with Crippen LogP contribution in [0.25, 0.3) is 11.1 Å². The number of hydrogen-bond acceptors (Lipinski definition) is 1. The Morgan fingerprint density at radius 1 is 1.31 bits per heavy atom. The largest absolute Gasteiger partial charge is 0.300 e. The van der Waals surface area contributed by atoms with Crippen molar-refractivity contribution in [2.24, 2.45) is 7.05 Å². The van der Waals surface area contributed by atoms with E-state index in [9.17, 15) is 9.18 Å². The molecule has 0 amide bonds. The average molecular weight is 220 g/mol. The molecule has 3 nitrogen and oxygen atoms in total. The molecule has 0 spiro atoms. The molecule has 0 radical (unpaired) electrons. The summed E-state index contributed by atoms with van der Waals surface area (Å²) >= 11 is 0. The van der Waals surface area contributed by atoms with E-state index in [4.69, 9.17) is 0 Å². The summed E-state index contributed by atoms with van der Waals surface area (Å²) in [4.78, 5) is 11.9. The number of aromatic nitrogens is 2. The van der Waals surface area contributed by atoms with Crippen LogP contribution in [-0.2, 0) is 7.05 Å². The van der Waals surface area contributed by atoms with Crippen LogP contribution < -0.4 is 5.56 Å². The molecule has 0 aliphatic carbocycles. The highest BCUT2D eigenvalue weighted by Gasteiger charge is 2.13. The number of aromatic amines is 1. The highest BCUT2D eigenvalue weighted by molar-refractivity contribution is 5.68. The van der Waals surface area contributed by atoms with E-state index in [1.54, 1.807) is 20.0 Å². The Hall–Kier alpha value is -1.84. The summed E-state index contributed by atoms with van der Waals surface area (Å²) in [6.45, 7) is 3.63. The van der Waals surface area contributed by atoms with E-state index in [-0.39, 0.29) is 11.4 Å². The molecule has 1 N–H and O–H groups in total. The maximum absolute atomic E-state index is 13.0. The lowest BCUT2D eigenvalue weighted by Gasteiger charge is -2.03. The van der Waals surface area contributed by atoms with Gasteiger partial charge in [-0.1, -0.05) is 6.07 Å². The number of nitrogens with zero attached hydrogens (tertiary/aromatic N) is 1. The van der Waals surface area contributed by atoms with Crippen molar-refractivity contribution in [3.05, 3.63) is 45.6 Å². The van der Waals surface area contributed by atoms with Crippen LogP contribution in [0.4, 0.5) is 4.39 Å². The fraction of sp³-hybridized carbons (Fsp3) is 0.250. The summed E-state index contributed by atoms with van der Waals surface area (Å²) in [7, 11) is 1.66. The number of benzene rings is 1. The molecular weight excluding hydrogens is 207 g/mol. The van der Waals surface area contributed by atoms with Crippen molar-refractivity contribution in [1.29, 1.82) is 0 Å². The topological polar surface area (TPSA) is 37.8 Å². The lowest BCUT2D eigenvalue weighted by molar-refractivity contribution is 0.627. The number of rotatable bonds is 1. The third-order valence-corrected chi connectivity index (χ3v) is 2.69. The van der Waals surface area contributed by atoms with E-state index >= 15 is 0 Å². The summed E-state index contributed by atoms with van der Waals surface area (Å²) in [6.07, 6.45) is 0. The predicted molar refractivity (Wildman–Crippen MR) is 60.9 cm³/mol. The van der Waals surface area contributed by atoms with Crippen molar-refractivity contribution in [3.63, 3.8) is 0 Å². The second-order valence-electron chi connectivity index (χ2n) is 3.94. The van der Waals surface area contributed by atoms with E-state index < -0.39 is 0 Å². The number of aryl methyl sites for hydroxylation is 3. The van der Waals surface area contributed by atoms with Gasteiger partial charge in [0.05, 0.1) is 5.56 Å². The highest BCUT2D eigenvalue weighted by atomic mass is 19.1. The molecule has 1 aromatic carbocycles. The fourth-order valence-electron chi connectivity index (χ4n) is 1.91. The molecule has 0 aliphatic rings. The van der Waals surface area contributed by atoms with Crippen LogP contribution in [0.2, 0.25) is 0 Å². The first-order valence-electron chi connectivity index (χ1n) is 5.03. The molecule has 0 unspecified atom stereocenters. The zero-order chi connectivity index (χ0) is 11.9. The number of halogens is 1. The minimum absolute atomic E-state index is 0.0905. The fourth-order valence-corrected chi connectivity index (χ4v) is 1.91. The quantitative estimate of drug-likeness (QED) is 0.785. The normalized spacial score (nSPS) is 10.8. The number of hydrogen-bond donors (Lipinski definition) is 1. The van der Waals surface area contributed by atoms with Crippen LogP contribution in [0.15, 0.2) is 23.0 Å². The van der Waals surface area contributed by atoms with Crippen LogP contribution in [-0.4, -0.2) is 9.78 Å². The standard InChI is InChI=1S/C12H13FN2O/c1-7-6-9(13)4-5-10(7)11-8(2)14-15(3)12(11)16/h4-6,14H,1-3H3. The molecule has 2 aromatic rings. The Balaban J connectivity index is 2.72. The summed E-state index contributed by atoms with van der Waals surface area (Å²) in [5, 5.41) is 2.93. The Labute approximate surface area is 92.5 Å². The van der Waals surface area contributed by atoms with E-state index in [2.05, 4.69) is 5.10 Å². The number of nitrogens with one attached hydrogen (secondary N) is 1. The van der Waals surface area contributed by atoms with Gasteiger partial charge in [-0.25, -0.2) is 4.39 Å². The molecule has 16 heavy (non-hydrogen) atoms. The average Bonchev–Trinajstić information content (AvgIpc) is 2.43. The summed E-state index contributed by atoms with van der Waals surface area (Å²) in [5.74, 6) is -0.286. The SMILES string of the molecule is Cc1cc(F)ccc1-c1c(C)[nH]n(C)c1=O. The van der Waals surface area contributed by atoms with E-state index in [1.165, 1.54) is 16.8 Å². The van der Waals surface area contributed by atoms with E-state index in [0.29, 0.717) is 5.56 Å². The molecule has 1 aromatic heterocycles. The van der Waals surface area contributed by atoms with Crippen molar-refractivity contribution in [2.75, 3.05) is 0 Å². The highest BCUT2D eigenvalue weighted by Crippen LogP contribution is 2.23. The lowest BCUT2D eigenvalue weighted by Crippen LogP contribution is -2.13.